The second kappa shape index (κ2) is 7.17. The second-order valence-electron chi connectivity index (χ2n) is 5.64. The number of rotatable bonds is 6. The van der Waals surface area contributed by atoms with Crippen molar-refractivity contribution in [1.29, 1.82) is 0 Å². The average molecular weight is 425 g/mol. The standard InChI is InChI=1S/C11H17N5O9P2/c1-5-14-9-6(4-13-16(9)11(12-2)15-5)7-3-8(24-26(17,18)19)10(23-7)25-27(20,21)22/h4,7-8,10H,3H2,1-2H3,(H,12,14,15)(H2,17,18,19)(H2,20,21,22)/t7-,8+,10-/m1/s1. The molecule has 150 valence electrons. The summed E-state index contributed by atoms with van der Waals surface area (Å²) in [7, 11) is -8.32. The highest BCUT2D eigenvalue weighted by molar-refractivity contribution is 7.46. The molecule has 0 aliphatic carbocycles. The van der Waals surface area contributed by atoms with Gasteiger partial charge in [-0.2, -0.15) is 14.6 Å². The lowest BCUT2D eigenvalue weighted by Crippen LogP contribution is -2.25. The summed E-state index contributed by atoms with van der Waals surface area (Å²) in [4.78, 5) is 44.5. The molecule has 2 aromatic rings. The molecule has 3 rings (SSSR count). The van der Waals surface area contributed by atoms with Gasteiger partial charge in [-0.05, 0) is 6.92 Å². The zero-order valence-electron chi connectivity index (χ0n) is 14.0. The molecule has 1 saturated heterocycles. The molecule has 5 N–H and O–H groups in total. The van der Waals surface area contributed by atoms with Crippen molar-refractivity contribution in [2.24, 2.45) is 0 Å². The first-order valence-electron chi connectivity index (χ1n) is 7.50. The summed E-state index contributed by atoms with van der Waals surface area (Å²) >= 11 is 0. The van der Waals surface area contributed by atoms with E-state index in [2.05, 4.69) is 29.4 Å². The van der Waals surface area contributed by atoms with Gasteiger partial charge in [-0.25, -0.2) is 14.1 Å². The maximum Gasteiger partial charge on any atom is 0.472 e. The predicted molar refractivity (Wildman–Crippen MR) is 87.3 cm³/mol. The molecule has 0 saturated carbocycles. The first-order chi connectivity index (χ1) is 12.5. The van der Waals surface area contributed by atoms with Gasteiger partial charge >= 0.3 is 15.6 Å². The van der Waals surface area contributed by atoms with E-state index in [1.165, 1.54) is 10.7 Å². The van der Waals surface area contributed by atoms with Crippen LogP contribution in [-0.2, 0) is 22.9 Å². The van der Waals surface area contributed by atoms with Crippen molar-refractivity contribution in [2.75, 3.05) is 12.4 Å². The summed E-state index contributed by atoms with van der Waals surface area (Å²) in [5, 5.41) is 6.98. The van der Waals surface area contributed by atoms with Gasteiger partial charge < -0.3 is 29.6 Å². The van der Waals surface area contributed by atoms with Crippen LogP contribution in [0.1, 0.15) is 23.9 Å². The van der Waals surface area contributed by atoms with E-state index in [0.717, 1.165) is 0 Å². The number of fused-ring (bicyclic) bond motifs is 1. The Balaban J connectivity index is 1.95. The van der Waals surface area contributed by atoms with Gasteiger partial charge in [0.15, 0.2) is 11.9 Å². The van der Waals surface area contributed by atoms with Crippen LogP contribution in [0.15, 0.2) is 6.20 Å². The monoisotopic (exact) mass is 425 g/mol. The molecule has 0 unspecified atom stereocenters. The third-order valence-electron chi connectivity index (χ3n) is 3.64. The highest BCUT2D eigenvalue weighted by Crippen LogP contribution is 2.49. The van der Waals surface area contributed by atoms with Gasteiger partial charge in [0.2, 0.25) is 5.95 Å². The summed E-state index contributed by atoms with van der Waals surface area (Å²) in [6.07, 6.45) is -2.77. The zero-order valence-corrected chi connectivity index (χ0v) is 15.8. The first-order valence-corrected chi connectivity index (χ1v) is 10.6. The average Bonchev–Trinajstić information content (AvgIpc) is 3.07. The fourth-order valence-corrected chi connectivity index (χ4v) is 3.71. The molecule has 0 radical (unpaired) electrons. The molecule has 1 fully saturated rings. The predicted octanol–water partition coefficient (Wildman–Crippen LogP) is -0.151. The molecule has 0 amide bonds. The number of phosphoric ester groups is 2. The Morgan fingerprint density at radius 3 is 2.48 bits per heavy atom. The van der Waals surface area contributed by atoms with E-state index < -0.39 is 34.1 Å². The van der Waals surface area contributed by atoms with Crippen LogP contribution < -0.4 is 5.32 Å². The summed E-state index contributed by atoms with van der Waals surface area (Å²) < 4.78 is 38.2. The van der Waals surface area contributed by atoms with E-state index in [-0.39, 0.29) is 6.42 Å². The van der Waals surface area contributed by atoms with Crippen LogP contribution in [0.4, 0.5) is 5.95 Å². The van der Waals surface area contributed by atoms with Crippen molar-refractivity contribution < 1.29 is 42.5 Å². The van der Waals surface area contributed by atoms with Crippen molar-refractivity contribution in [2.45, 2.75) is 31.8 Å². The van der Waals surface area contributed by atoms with Gasteiger partial charge in [0.05, 0.1) is 12.3 Å². The number of phosphoric acid groups is 2. The van der Waals surface area contributed by atoms with E-state index in [9.17, 15) is 9.13 Å². The third kappa shape index (κ3) is 4.69. The van der Waals surface area contributed by atoms with Gasteiger partial charge in [0.1, 0.15) is 11.9 Å². The van der Waals surface area contributed by atoms with Crippen LogP contribution >= 0.6 is 15.6 Å². The second-order valence-corrected chi connectivity index (χ2v) is 8.02. The highest BCUT2D eigenvalue weighted by Gasteiger charge is 2.45. The normalized spacial score (nSPS) is 23.9. The van der Waals surface area contributed by atoms with Gasteiger partial charge in [0.25, 0.3) is 0 Å². The summed E-state index contributed by atoms with van der Waals surface area (Å²) in [5.41, 5.74) is 0.761. The highest BCUT2D eigenvalue weighted by atomic mass is 31.2. The van der Waals surface area contributed by atoms with E-state index >= 15 is 0 Å². The van der Waals surface area contributed by atoms with Crippen LogP contribution in [0.25, 0.3) is 5.65 Å². The lowest BCUT2D eigenvalue weighted by molar-refractivity contribution is -0.118. The van der Waals surface area contributed by atoms with E-state index in [0.29, 0.717) is 23.0 Å². The molecule has 3 heterocycles. The zero-order chi connectivity index (χ0) is 20.0. The van der Waals surface area contributed by atoms with Crippen molar-refractivity contribution in [3.8, 4) is 0 Å². The lowest BCUT2D eigenvalue weighted by atomic mass is 10.1. The van der Waals surface area contributed by atoms with Gasteiger partial charge in [-0.1, -0.05) is 0 Å². The lowest BCUT2D eigenvalue weighted by Gasteiger charge is -2.19. The molecule has 14 nitrogen and oxygen atoms in total. The smallest absolute Gasteiger partial charge is 0.357 e. The van der Waals surface area contributed by atoms with Crippen molar-refractivity contribution in [1.82, 2.24) is 19.6 Å². The Bertz CT molecular complexity index is 908. The Morgan fingerprint density at radius 1 is 1.22 bits per heavy atom. The molecule has 2 aromatic heterocycles. The number of hydrogen-bond donors (Lipinski definition) is 5. The molecule has 0 bridgehead atoms. The third-order valence-corrected chi connectivity index (χ3v) is 4.67. The first kappa shape index (κ1) is 20.3. The van der Waals surface area contributed by atoms with Crippen LogP contribution in [0.2, 0.25) is 0 Å². The van der Waals surface area contributed by atoms with Crippen molar-refractivity contribution in [3.63, 3.8) is 0 Å². The van der Waals surface area contributed by atoms with Crippen molar-refractivity contribution >= 4 is 27.2 Å². The molecule has 16 heteroatoms. The molecular formula is C11H17N5O9P2. The number of hydrogen-bond acceptors (Lipinski definition) is 9. The summed E-state index contributed by atoms with van der Waals surface area (Å²) in [6, 6.07) is 0. The number of nitrogens with one attached hydrogen (secondary N) is 1. The summed E-state index contributed by atoms with van der Waals surface area (Å²) in [6.45, 7) is 1.66. The van der Waals surface area contributed by atoms with Gasteiger partial charge in [-0.3, -0.25) is 9.05 Å². The topological polar surface area (TPSA) is 198 Å². The molecule has 3 atom stereocenters. The van der Waals surface area contributed by atoms with Gasteiger partial charge in [-0.15, -0.1) is 0 Å². The minimum absolute atomic E-state index is 0.158. The molecule has 0 spiro atoms. The van der Waals surface area contributed by atoms with Gasteiger partial charge in [0, 0.05) is 19.0 Å². The van der Waals surface area contributed by atoms with E-state index in [1.54, 1.807) is 14.0 Å². The number of anilines is 1. The Morgan fingerprint density at radius 2 is 1.89 bits per heavy atom. The molecule has 27 heavy (non-hydrogen) atoms. The van der Waals surface area contributed by atoms with Crippen LogP contribution in [0, 0.1) is 6.92 Å². The SMILES string of the molecule is CNc1nc(C)nc2c([C@H]3C[C@H](OP(=O)(O)O)[C@@H](OP(=O)(O)O)O3)cnn12. The Labute approximate surface area is 152 Å². The Hall–Kier alpha value is -1.47. The minimum atomic E-state index is -5.00. The minimum Gasteiger partial charge on any atom is -0.357 e. The fraction of sp³-hybridized carbons (Fsp3) is 0.545. The van der Waals surface area contributed by atoms with E-state index in [1.807, 2.05) is 0 Å². The summed E-state index contributed by atoms with van der Waals surface area (Å²) in [5.74, 6) is 0.824. The number of aromatic nitrogens is 4. The number of ether oxygens (including phenoxy) is 1. The number of aryl methyl sites for hydroxylation is 1. The van der Waals surface area contributed by atoms with E-state index in [4.69, 9.17) is 24.3 Å². The van der Waals surface area contributed by atoms with Crippen LogP contribution in [-0.4, -0.2) is 58.6 Å². The Kier molecular flexibility index (Phi) is 5.38. The molecule has 1 aliphatic heterocycles. The molecule has 1 aliphatic rings. The maximum absolute atomic E-state index is 11.2. The van der Waals surface area contributed by atoms with Crippen LogP contribution in [0.5, 0.6) is 0 Å². The number of nitrogens with zero attached hydrogens (tertiary/aromatic N) is 4. The van der Waals surface area contributed by atoms with Crippen LogP contribution in [0.3, 0.4) is 0 Å². The maximum atomic E-state index is 11.2. The van der Waals surface area contributed by atoms with Crippen molar-refractivity contribution in [3.05, 3.63) is 17.6 Å². The molecular weight excluding hydrogens is 408 g/mol. The fourth-order valence-electron chi connectivity index (χ4n) is 2.71. The quantitative estimate of drug-likeness (QED) is 0.383. The largest absolute Gasteiger partial charge is 0.472 e. The molecule has 0 aromatic carbocycles.